The largest absolute Gasteiger partial charge is 0.377 e. The molecule has 1 amide bonds. The fourth-order valence-electron chi connectivity index (χ4n) is 3.73. The number of nitrogens with one attached hydrogen (secondary N) is 1. The third-order valence-electron chi connectivity index (χ3n) is 5.30. The SMILES string of the molecule is CC.CCCCC1CN(C2COC2)C(=O)C2=CC(c3ccc(Cl)cc3)NN21. The second-order valence-electron chi connectivity index (χ2n) is 7.03. The van der Waals surface area contributed by atoms with E-state index >= 15 is 0 Å². The molecule has 1 aromatic carbocycles. The van der Waals surface area contributed by atoms with Crippen molar-refractivity contribution in [2.45, 2.75) is 58.2 Å². The van der Waals surface area contributed by atoms with Gasteiger partial charge in [-0.05, 0) is 30.2 Å². The number of amides is 1. The van der Waals surface area contributed by atoms with E-state index in [4.69, 9.17) is 16.3 Å². The minimum absolute atomic E-state index is 0.0120. The number of unbranched alkanes of at least 4 members (excludes halogenated alkanes) is 1. The van der Waals surface area contributed by atoms with Crippen LogP contribution in [0.25, 0.3) is 0 Å². The van der Waals surface area contributed by atoms with Crippen LogP contribution in [0.3, 0.4) is 0 Å². The monoisotopic (exact) mass is 391 g/mol. The molecule has 2 saturated heterocycles. The fourth-order valence-corrected chi connectivity index (χ4v) is 3.86. The number of fused-ring (bicyclic) bond motifs is 1. The Bertz CT molecular complexity index is 673. The Hall–Kier alpha value is -1.56. The summed E-state index contributed by atoms with van der Waals surface area (Å²) in [6.07, 6.45) is 5.44. The first-order valence-electron chi connectivity index (χ1n) is 10.1. The predicted molar refractivity (Wildman–Crippen MR) is 108 cm³/mol. The number of hydrogen-bond donors (Lipinski definition) is 1. The van der Waals surface area contributed by atoms with Crippen LogP contribution in [-0.2, 0) is 9.53 Å². The average Bonchev–Trinajstić information content (AvgIpc) is 3.10. The normalized spacial score (nSPS) is 24.7. The van der Waals surface area contributed by atoms with Crippen LogP contribution in [0.1, 0.15) is 51.6 Å². The lowest BCUT2D eigenvalue weighted by molar-refractivity contribution is -0.149. The van der Waals surface area contributed by atoms with Gasteiger partial charge in [-0.15, -0.1) is 0 Å². The fraction of sp³-hybridized carbons (Fsp3) is 0.571. The maximum atomic E-state index is 13.0. The standard InChI is InChI=1S/C19H24ClN3O2.C2H6/c1-2-3-4-15-10-22(16-11-25-12-16)19(24)18-9-17(21-23(15)18)13-5-7-14(20)8-6-13;1-2/h5-9,15-17,21H,2-4,10-12H2,1H3;1-2H3. The average molecular weight is 392 g/mol. The van der Waals surface area contributed by atoms with Crippen LogP contribution in [-0.4, -0.2) is 47.7 Å². The molecule has 2 fully saturated rings. The van der Waals surface area contributed by atoms with Crippen LogP contribution >= 0.6 is 11.6 Å². The maximum absolute atomic E-state index is 13.0. The molecular weight excluding hydrogens is 362 g/mol. The van der Waals surface area contributed by atoms with E-state index in [1.165, 1.54) is 0 Å². The van der Waals surface area contributed by atoms with Gasteiger partial charge in [0.15, 0.2) is 0 Å². The number of benzene rings is 1. The van der Waals surface area contributed by atoms with E-state index in [2.05, 4.69) is 23.4 Å². The number of ether oxygens (including phenoxy) is 1. The zero-order valence-corrected chi connectivity index (χ0v) is 17.2. The molecule has 2 unspecified atom stereocenters. The maximum Gasteiger partial charge on any atom is 0.271 e. The predicted octanol–water partition coefficient (Wildman–Crippen LogP) is 3.91. The van der Waals surface area contributed by atoms with E-state index in [1.54, 1.807) is 0 Å². The molecule has 6 heteroatoms. The Morgan fingerprint density at radius 1 is 1.22 bits per heavy atom. The molecule has 5 nitrogen and oxygen atoms in total. The molecule has 1 aromatic rings. The molecule has 1 N–H and O–H groups in total. The van der Waals surface area contributed by atoms with Crippen LogP contribution in [0.2, 0.25) is 5.02 Å². The van der Waals surface area contributed by atoms with E-state index < -0.39 is 0 Å². The first-order chi connectivity index (χ1) is 13.2. The van der Waals surface area contributed by atoms with Crippen molar-refractivity contribution in [2.75, 3.05) is 19.8 Å². The molecule has 0 aromatic heterocycles. The summed E-state index contributed by atoms with van der Waals surface area (Å²) in [6.45, 7) is 8.29. The lowest BCUT2D eigenvalue weighted by Crippen LogP contribution is -2.62. The molecule has 3 heterocycles. The van der Waals surface area contributed by atoms with Gasteiger partial charge in [0.25, 0.3) is 5.91 Å². The van der Waals surface area contributed by atoms with Crippen molar-refractivity contribution in [1.29, 1.82) is 0 Å². The number of carbonyl (C=O) groups excluding carboxylic acids is 1. The molecule has 0 aliphatic carbocycles. The smallest absolute Gasteiger partial charge is 0.271 e. The van der Waals surface area contributed by atoms with Gasteiger partial charge in [0, 0.05) is 11.6 Å². The lowest BCUT2D eigenvalue weighted by atomic mass is 10.0. The summed E-state index contributed by atoms with van der Waals surface area (Å²) in [4.78, 5) is 15.0. The molecule has 0 spiro atoms. The van der Waals surface area contributed by atoms with Crippen molar-refractivity contribution in [2.24, 2.45) is 0 Å². The molecule has 0 bridgehead atoms. The van der Waals surface area contributed by atoms with Crippen LogP contribution < -0.4 is 5.43 Å². The van der Waals surface area contributed by atoms with Crippen molar-refractivity contribution in [3.63, 3.8) is 0 Å². The minimum Gasteiger partial charge on any atom is -0.377 e. The summed E-state index contributed by atoms with van der Waals surface area (Å²) in [6, 6.07) is 8.36. The van der Waals surface area contributed by atoms with Crippen LogP contribution in [0, 0.1) is 0 Å². The van der Waals surface area contributed by atoms with Gasteiger partial charge in [0.2, 0.25) is 0 Å². The highest BCUT2D eigenvalue weighted by molar-refractivity contribution is 6.30. The van der Waals surface area contributed by atoms with Gasteiger partial charge in [-0.25, -0.2) is 5.43 Å². The van der Waals surface area contributed by atoms with E-state index in [0.717, 1.165) is 42.1 Å². The van der Waals surface area contributed by atoms with Gasteiger partial charge < -0.3 is 9.64 Å². The highest BCUT2D eigenvalue weighted by Gasteiger charge is 2.44. The van der Waals surface area contributed by atoms with Crippen molar-refractivity contribution in [3.8, 4) is 0 Å². The van der Waals surface area contributed by atoms with Crippen molar-refractivity contribution in [3.05, 3.63) is 46.6 Å². The van der Waals surface area contributed by atoms with E-state index in [9.17, 15) is 4.79 Å². The highest BCUT2D eigenvalue weighted by Crippen LogP contribution is 2.33. The van der Waals surface area contributed by atoms with E-state index in [-0.39, 0.29) is 18.0 Å². The highest BCUT2D eigenvalue weighted by atomic mass is 35.5. The molecule has 2 atom stereocenters. The molecule has 3 aliphatic rings. The Labute approximate surface area is 167 Å². The molecule has 4 rings (SSSR count). The molecule has 148 valence electrons. The quantitative estimate of drug-likeness (QED) is 0.826. The summed E-state index contributed by atoms with van der Waals surface area (Å²) in [5, 5.41) is 2.83. The summed E-state index contributed by atoms with van der Waals surface area (Å²) < 4.78 is 5.31. The van der Waals surface area contributed by atoms with E-state index in [0.29, 0.717) is 19.3 Å². The lowest BCUT2D eigenvalue weighted by Gasteiger charge is -2.46. The number of hydrazine groups is 1. The minimum atomic E-state index is 0.0120. The summed E-state index contributed by atoms with van der Waals surface area (Å²) in [5.74, 6) is 0.116. The third-order valence-corrected chi connectivity index (χ3v) is 5.55. The molecular formula is C21H30ClN3O2. The van der Waals surface area contributed by atoms with Gasteiger partial charge in [0.1, 0.15) is 5.70 Å². The van der Waals surface area contributed by atoms with Crippen LogP contribution in [0.15, 0.2) is 36.0 Å². The Balaban J connectivity index is 0.00000102. The second-order valence-corrected chi connectivity index (χ2v) is 7.46. The first-order valence-corrected chi connectivity index (χ1v) is 10.5. The summed E-state index contributed by atoms with van der Waals surface area (Å²) in [7, 11) is 0. The Morgan fingerprint density at radius 3 is 2.52 bits per heavy atom. The van der Waals surface area contributed by atoms with Gasteiger partial charge in [-0.1, -0.05) is 57.3 Å². The summed E-state index contributed by atoms with van der Waals surface area (Å²) >= 11 is 6.00. The van der Waals surface area contributed by atoms with Gasteiger partial charge in [-0.3, -0.25) is 9.80 Å². The zero-order valence-electron chi connectivity index (χ0n) is 16.5. The van der Waals surface area contributed by atoms with Gasteiger partial charge in [0.05, 0.1) is 31.3 Å². The zero-order chi connectivity index (χ0) is 19.4. The number of piperazine rings is 1. The van der Waals surface area contributed by atoms with Crippen molar-refractivity contribution < 1.29 is 9.53 Å². The number of carbonyl (C=O) groups is 1. The van der Waals surface area contributed by atoms with Crippen molar-refractivity contribution >= 4 is 17.5 Å². The topological polar surface area (TPSA) is 44.8 Å². The van der Waals surface area contributed by atoms with E-state index in [1.807, 2.05) is 43.0 Å². The summed E-state index contributed by atoms with van der Waals surface area (Å²) in [5.41, 5.74) is 5.43. The molecule has 0 radical (unpaired) electrons. The Morgan fingerprint density at radius 2 is 1.93 bits per heavy atom. The van der Waals surface area contributed by atoms with Crippen LogP contribution in [0.5, 0.6) is 0 Å². The number of hydrogen-bond acceptors (Lipinski definition) is 4. The molecule has 27 heavy (non-hydrogen) atoms. The first kappa shape index (κ1) is 20.2. The van der Waals surface area contributed by atoms with Crippen molar-refractivity contribution in [1.82, 2.24) is 15.3 Å². The number of nitrogens with zero attached hydrogens (tertiary/aromatic N) is 2. The number of halogens is 1. The van der Waals surface area contributed by atoms with Gasteiger partial charge >= 0.3 is 0 Å². The Kier molecular flexibility index (Phi) is 6.79. The second kappa shape index (κ2) is 9.09. The molecule has 3 aliphatic heterocycles. The third kappa shape index (κ3) is 4.15. The molecule has 0 saturated carbocycles. The van der Waals surface area contributed by atoms with Crippen LogP contribution in [0.4, 0.5) is 0 Å². The van der Waals surface area contributed by atoms with Gasteiger partial charge in [-0.2, -0.15) is 0 Å². The number of rotatable bonds is 5.